The molecule has 0 bridgehead atoms. The number of hydrogen-bond acceptors (Lipinski definition) is 7. The van der Waals surface area contributed by atoms with Gasteiger partial charge < -0.3 is 5.32 Å². The first-order chi connectivity index (χ1) is 9.65. The van der Waals surface area contributed by atoms with Gasteiger partial charge in [0.15, 0.2) is 0 Å². The second kappa shape index (κ2) is 7.70. The average Bonchev–Trinajstić information content (AvgIpc) is 3.01. The largest absolute Gasteiger partial charge is 0.315 e. The Balaban J connectivity index is 1.79. The quantitative estimate of drug-likeness (QED) is 0.594. The Kier molecular flexibility index (Phi) is 5.93. The lowest BCUT2D eigenvalue weighted by atomic mass is 10.2. The first-order valence-electron chi connectivity index (χ1n) is 6.66. The molecule has 20 heavy (non-hydrogen) atoms. The summed E-state index contributed by atoms with van der Waals surface area (Å²) in [7, 11) is 0. The maximum absolute atomic E-state index is 4.25. The van der Waals surface area contributed by atoms with Gasteiger partial charge >= 0.3 is 0 Å². The Morgan fingerprint density at radius 1 is 1.45 bits per heavy atom. The van der Waals surface area contributed by atoms with Gasteiger partial charge in [0.25, 0.3) is 0 Å². The lowest BCUT2D eigenvalue weighted by Gasteiger charge is -2.07. The highest BCUT2D eigenvalue weighted by Crippen LogP contribution is 2.23. The molecule has 0 aliphatic rings. The average molecular weight is 312 g/mol. The highest BCUT2D eigenvalue weighted by Gasteiger charge is 2.08. The van der Waals surface area contributed by atoms with Crippen LogP contribution in [0, 0.1) is 12.8 Å². The standard InChI is InChI=1S/C12H20N6S2/c1-9(2)6-13-4-5-18-12(15-16-17-18)19-8-11-7-14-10(3)20-11/h7,9,13H,4-6,8H2,1-3H3. The van der Waals surface area contributed by atoms with E-state index in [1.807, 2.05) is 17.8 Å². The van der Waals surface area contributed by atoms with Crippen molar-refractivity contribution in [3.63, 3.8) is 0 Å². The van der Waals surface area contributed by atoms with Crippen LogP contribution in [0.4, 0.5) is 0 Å². The Bertz CT molecular complexity index is 522. The monoisotopic (exact) mass is 312 g/mol. The van der Waals surface area contributed by atoms with E-state index in [-0.39, 0.29) is 0 Å². The summed E-state index contributed by atoms with van der Waals surface area (Å²) in [6, 6.07) is 0. The van der Waals surface area contributed by atoms with Crippen molar-refractivity contribution in [3.05, 3.63) is 16.1 Å². The van der Waals surface area contributed by atoms with E-state index in [2.05, 4.69) is 39.7 Å². The van der Waals surface area contributed by atoms with Crippen molar-refractivity contribution in [1.82, 2.24) is 30.5 Å². The molecular weight excluding hydrogens is 292 g/mol. The number of rotatable bonds is 8. The number of nitrogens with one attached hydrogen (secondary N) is 1. The number of tetrazole rings is 1. The molecule has 0 aromatic carbocycles. The van der Waals surface area contributed by atoms with Crippen molar-refractivity contribution < 1.29 is 0 Å². The van der Waals surface area contributed by atoms with Crippen LogP contribution in [-0.4, -0.2) is 38.3 Å². The Morgan fingerprint density at radius 2 is 2.30 bits per heavy atom. The summed E-state index contributed by atoms with van der Waals surface area (Å²) in [6.07, 6.45) is 1.92. The highest BCUT2D eigenvalue weighted by molar-refractivity contribution is 7.98. The smallest absolute Gasteiger partial charge is 0.209 e. The number of aryl methyl sites for hydroxylation is 1. The van der Waals surface area contributed by atoms with Crippen LogP contribution >= 0.6 is 23.1 Å². The van der Waals surface area contributed by atoms with E-state index in [9.17, 15) is 0 Å². The lowest BCUT2D eigenvalue weighted by molar-refractivity contribution is 0.482. The lowest BCUT2D eigenvalue weighted by Crippen LogP contribution is -2.24. The number of nitrogens with zero attached hydrogens (tertiary/aromatic N) is 5. The van der Waals surface area contributed by atoms with Crippen molar-refractivity contribution in [2.75, 3.05) is 13.1 Å². The number of aromatic nitrogens is 5. The molecular formula is C12H20N6S2. The van der Waals surface area contributed by atoms with Crippen LogP contribution in [-0.2, 0) is 12.3 Å². The molecule has 0 atom stereocenters. The van der Waals surface area contributed by atoms with Crippen LogP contribution in [0.3, 0.4) is 0 Å². The minimum atomic E-state index is 0.660. The van der Waals surface area contributed by atoms with E-state index < -0.39 is 0 Å². The van der Waals surface area contributed by atoms with E-state index in [0.29, 0.717) is 5.92 Å². The number of hydrogen-bond donors (Lipinski definition) is 1. The fourth-order valence-electron chi connectivity index (χ4n) is 1.62. The van der Waals surface area contributed by atoms with Gasteiger partial charge in [0.1, 0.15) is 0 Å². The van der Waals surface area contributed by atoms with Crippen LogP contribution in [0.2, 0.25) is 0 Å². The van der Waals surface area contributed by atoms with Gasteiger partial charge in [0.2, 0.25) is 5.16 Å². The molecule has 2 rings (SSSR count). The van der Waals surface area contributed by atoms with Crippen molar-refractivity contribution >= 4 is 23.1 Å². The zero-order chi connectivity index (χ0) is 14.4. The Hall–Kier alpha value is -0.990. The zero-order valence-electron chi connectivity index (χ0n) is 12.0. The van der Waals surface area contributed by atoms with Crippen LogP contribution in [0.25, 0.3) is 0 Å². The molecule has 0 aliphatic heterocycles. The van der Waals surface area contributed by atoms with Crippen molar-refractivity contribution in [3.8, 4) is 0 Å². The van der Waals surface area contributed by atoms with Crippen LogP contribution < -0.4 is 5.32 Å². The second-order valence-corrected chi connectivity index (χ2v) is 7.18. The summed E-state index contributed by atoms with van der Waals surface area (Å²) in [5.41, 5.74) is 0. The third-order valence-corrected chi connectivity index (χ3v) is 4.67. The summed E-state index contributed by atoms with van der Waals surface area (Å²) in [6.45, 7) is 9.11. The molecule has 0 aliphatic carbocycles. The third-order valence-electron chi connectivity index (χ3n) is 2.56. The second-order valence-electron chi connectivity index (χ2n) is 4.92. The van der Waals surface area contributed by atoms with E-state index in [0.717, 1.165) is 35.6 Å². The van der Waals surface area contributed by atoms with Gasteiger partial charge in [0, 0.05) is 23.4 Å². The van der Waals surface area contributed by atoms with Crippen LogP contribution in [0.15, 0.2) is 11.4 Å². The first-order valence-corrected chi connectivity index (χ1v) is 8.46. The van der Waals surface area contributed by atoms with E-state index >= 15 is 0 Å². The molecule has 2 heterocycles. The van der Waals surface area contributed by atoms with Gasteiger partial charge in [0.05, 0.1) is 11.6 Å². The van der Waals surface area contributed by atoms with E-state index in [4.69, 9.17) is 0 Å². The van der Waals surface area contributed by atoms with E-state index in [1.165, 1.54) is 4.88 Å². The predicted octanol–water partition coefficient (Wildman–Crippen LogP) is 1.98. The van der Waals surface area contributed by atoms with Gasteiger partial charge in [-0.1, -0.05) is 25.6 Å². The fraction of sp³-hybridized carbons (Fsp3) is 0.667. The number of thiazole rings is 1. The maximum atomic E-state index is 4.25. The molecule has 2 aromatic heterocycles. The van der Waals surface area contributed by atoms with E-state index in [1.54, 1.807) is 23.1 Å². The summed E-state index contributed by atoms with van der Waals surface area (Å²) in [4.78, 5) is 5.50. The molecule has 0 amide bonds. The highest BCUT2D eigenvalue weighted by atomic mass is 32.2. The molecule has 0 saturated carbocycles. The summed E-state index contributed by atoms with van der Waals surface area (Å²) >= 11 is 3.37. The van der Waals surface area contributed by atoms with Crippen molar-refractivity contribution in [2.45, 2.75) is 38.2 Å². The number of thioether (sulfide) groups is 1. The van der Waals surface area contributed by atoms with Gasteiger partial charge in [-0.3, -0.25) is 0 Å². The molecule has 110 valence electrons. The molecule has 0 saturated heterocycles. The molecule has 6 nitrogen and oxygen atoms in total. The molecule has 0 radical (unpaired) electrons. The molecule has 2 aromatic rings. The normalized spacial score (nSPS) is 11.4. The fourth-order valence-corrected chi connectivity index (χ4v) is 3.34. The minimum absolute atomic E-state index is 0.660. The topological polar surface area (TPSA) is 68.5 Å². The SMILES string of the molecule is Cc1ncc(CSc2nnnn2CCNCC(C)C)s1. The maximum Gasteiger partial charge on any atom is 0.209 e. The van der Waals surface area contributed by atoms with Crippen LogP contribution in [0.5, 0.6) is 0 Å². The molecule has 8 heteroatoms. The third kappa shape index (κ3) is 4.84. The van der Waals surface area contributed by atoms with Gasteiger partial charge in [-0.25, -0.2) is 9.67 Å². The van der Waals surface area contributed by atoms with Crippen molar-refractivity contribution in [2.24, 2.45) is 5.92 Å². The Labute approximate surface area is 127 Å². The molecule has 1 N–H and O–H groups in total. The zero-order valence-corrected chi connectivity index (χ0v) is 13.7. The molecule has 0 unspecified atom stereocenters. The molecule has 0 spiro atoms. The Morgan fingerprint density at radius 3 is 3.00 bits per heavy atom. The minimum Gasteiger partial charge on any atom is -0.315 e. The predicted molar refractivity (Wildman–Crippen MR) is 81.9 cm³/mol. The van der Waals surface area contributed by atoms with Crippen LogP contribution in [0.1, 0.15) is 23.7 Å². The van der Waals surface area contributed by atoms with Crippen molar-refractivity contribution in [1.29, 1.82) is 0 Å². The summed E-state index contributed by atoms with van der Waals surface area (Å²) in [5, 5.41) is 17.2. The molecule has 0 fully saturated rings. The summed E-state index contributed by atoms with van der Waals surface area (Å²) < 4.78 is 1.85. The van der Waals surface area contributed by atoms with Gasteiger partial charge in [-0.15, -0.1) is 16.4 Å². The van der Waals surface area contributed by atoms with Gasteiger partial charge in [-0.2, -0.15) is 0 Å². The summed E-state index contributed by atoms with van der Waals surface area (Å²) in [5.74, 6) is 1.53. The first kappa shape index (κ1) is 15.4. The van der Waals surface area contributed by atoms with Gasteiger partial charge in [-0.05, 0) is 29.8 Å².